The molecule has 41 heavy (non-hydrogen) atoms. The lowest BCUT2D eigenvalue weighted by Gasteiger charge is -2.38. The van der Waals surface area contributed by atoms with E-state index in [4.69, 9.17) is 14.9 Å². The van der Waals surface area contributed by atoms with E-state index in [0.717, 1.165) is 63.3 Å². The van der Waals surface area contributed by atoms with Crippen LogP contribution in [0, 0.1) is 0 Å². The number of fused-ring (bicyclic) bond motifs is 2. The summed E-state index contributed by atoms with van der Waals surface area (Å²) < 4.78 is 5.90. The standard InChI is InChI=1S/C35H37N3O3/c1-38(2)20-10-9-19-35(39,30-17-16-26-11-7-8-14-28(26)22-30)33(27-12-5-4-6-13-27)31-23-29-21-25(24-36-40)15-18-32(29)37-34(31)41-3/h4-8,11-18,21-24,33,39-40H,9-10,19-20H2,1-3H3/b36-24+/t33-,35+/m1/s1. The van der Waals surface area contributed by atoms with Crippen molar-refractivity contribution in [2.24, 2.45) is 5.16 Å². The minimum absolute atomic E-state index is 0.466. The Labute approximate surface area is 241 Å². The molecule has 0 saturated heterocycles. The fraction of sp³-hybridized carbons (Fsp3) is 0.257. The van der Waals surface area contributed by atoms with Gasteiger partial charge in [-0.25, -0.2) is 4.98 Å². The predicted octanol–water partition coefficient (Wildman–Crippen LogP) is 6.96. The van der Waals surface area contributed by atoms with Gasteiger partial charge in [-0.3, -0.25) is 0 Å². The van der Waals surface area contributed by atoms with Crippen molar-refractivity contribution in [2.75, 3.05) is 27.7 Å². The Morgan fingerprint density at radius 2 is 1.63 bits per heavy atom. The molecule has 5 rings (SSSR count). The zero-order chi connectivity index (χ0) is 28.8. The van der Waals surface area contributed by atoms with Gasteiger partial charge in [-0.2, -0.15) is 0 Å². The third-order valence-electron chi connectivity index (χ3n) is 7.82. The third kappa shape index (κ3) is 6.09. The molecule has 0 fully saturated rings. The van der Waals surface area contributed by atoms with E-state index in [1.54, 1.807) is 7.11 Å². The first-order valence-corrected chi connectivity index (χ1v) is 14.0. The maximum Gasteiger partial charge on any atom is 0.217 e. The molecule has 0 saturated carbocycles. The number of hydrogen-bond acceptors (Lipinski definition) is 6. The lowest BCUT2D eigenvalue weighted by atomic mass is 9.71. The largest absolute Gasteiger partial charge is 0.481 e. The van der Waals surface area contributed by atoms with Gasteiger partial charge in [0.25, 0.3) is 0 Å². The topological polar surface area (TPSA) is 78.2 Å². The summed E-state index contributed by atoms with van der Waals surface area (Å²) in [5.74, 6) is 0.00803. The normalized spacial score (nSPS) is 14.1. The number of hydrogen-bond donors (Lipinski definition) is 2. The molecule has 1 aromatic heterocycles. The second kappa shape index (κ2) is 12.5. The molecule has 0 spiro atoms. The van der Waals surface area contributed by atoms with Crippen LogP contribution in [0.2, 0.25) is 0 Å². The van der Waals surface area contributed by atoms with Crippen molar-refractivity contribution in [3.8, 4) is 5.88 Å². The first-order chi connectivity index (χ1) is 19.9. The van der Waals surface area contributed by atoms with Crippen molar-refractivity contribution >= 4 is 27.9 Å². The molecule has 4 aromatic carbocycles. The highest BCUT2D eigenvalue weighted by Gasteiger charge is 2.42. The zero-order valence-corrected chi connectivity index (χ0v) is 23.9. The summed E-state index contributed by atoms with van der Waals surface area (Å²) in [5.41, 5.74) is 2.88. The van der Waals surface area contributed by atoms with Crippen LogP contribution in [0.15, 0.2) is 102 Å². The van der Waals surface area contributed by atoms with E-state index in [2.05, 4.69) is 72.7 Å². The van der Waals surface area contributed by atoms with E-state index in [-0.39, 0.29) is 0 Å². The van der Waals surface area contributed by atoms with Gasteiger partial charge in [-0.05, 0) is 91.6 Å². The van der Waals surface area contributed by atoms with Crippen LogP contribution in [-0.4, -0.2) is 54.2 Å². The summed E-state index contributed by atoms with van der Waals surface area (Å²) in [5, 5.41) is 28.4. The number of methoxy groups -OCH3 is 1. The van der Waals surface area contributed by atoms with Gasteiger partial charge in [0.15, 0.2) is 0 Å². The fourth-order valence-electron chi connectivity index (χ4n) is 5.81. The van der Waals surface area contributed by atoms with Gasteiger partial charge in [-0.15, -0.1) is 0 Å². The Morgan fingerprint density at radius 1 is 0.878 bits per heavy atom. The molecule has 5 aromatic rings. The number of unbranched alkanes of at least 4 members (excludes halogenated alkanes) is 1. The van der Waals surface area contributed by atoms with Crippen molar-refractivity contribution in [1.82, 2.24) is 9.88 Å². The average Bonchev–Trinajstić information content (AvgIpc) is 2.99. The van der Waals surface area contributed by atoms with Gasteiger partial charge in [0.2, 0.25) is 5.88 Å². The molecule has 0 aliphatic heterocycles. The zero-order valence-electron chi connectivity index (χ0n) is 23.9. The van der Waals surface area contributed by atoms with Gasteiger partial charge < -0.3 is 20.0 Å². The van der Waals surface area contributed by atoms with Gasteiger partial charge in [0, 0.05) is 16.9 Å². The summed E-state index contributed by atoms with van der Waals surface area (Å²) >= 11 is 0. The molecule has 0 aliphatic rings. The second-order valence-corrected chi connectivity index (χ2v) is 10.9. The Hall–Kier alpha value is -4.26. The van der Waals surface area contributed by atoms with E-state index in [9.17, 15) is 5.11 Å². The molecule has 0 bridgehead atoms. The van der Waals surface area contributed by atoms with Gasteiger partial charge in [0.1, 0.15) is 5.60 Å². The molecule has 6 nitrogen and oxygen atoms in total. The molecule has 0 radical (unpaired) electrons. The SMILES string of the molecule is COc1nc2ccc(/C=N/O)cc2cc1[C@@H](c1ccccc1)[C@](O)(CCCCN(C)C)c1ccc2ccccc2c1. The molecule has 0 amide bonds. The van der Waals surface area contributed by atoms with Crippen LogP contribution in [-0.2, 0) is 5.60 Å². The van der Waals surface area contributed by atoms with Crippen LogP contribution in [0.5, 0.6) is 5.88 Å². The molecule has 2 atom stereocenters. The van der Waals surface area contributed by atoms with Gasteiger partial charge in [-0.1, -0.05) is 78.0 Å². The number of pyridine rings is 1. The van der Waals surface area contributed by atoms with E-state index in [1.165, 1.54) is 6.21 Å². The highest BCUT2D eigenvalue weighted by Crippen LogP contribution is 2.48. The molecular formula is C35H37N3O3. The minimum Gasteiger partial charge on any atom is -0.481 e. The Morgan fingerprint density at radius 3 is 2.37 bits per heavy atom. The molecule has 6 heteroatoms. The third-order valence-corrected chi connectivity index (χ3v) is 7.82. The monoisotopic (exact) mass is 547 g/mol. The van der Waals surface area contributed by atoms with Gasteiger partial charge in [0.05, 0.1) is 18.8 Å². The number of ether oxygens (including phenoxy) is 1. The van der Waals surface area contributed by atoms with Crippen LogP contribution in [0.1, 0.15) is 47.4 Å². The first-order valence-electron chi connectivity index (χ1n) is 14.0. The van der Waals surface area contributed by atoms with Crippen molar-refractivity contribution in [2.45, 2.75) is 30.8 Å². The highest BCUT2D eigenvalue weighted by atomic mass is 16.5. The lowest BCUT2D eigenvalue weighted by molar-refractivity contribution is 0.00690. The maximum atomic E-state index is 13.1. The summed E-state index contributed by atoms with van der Waals surface area (Å²) in [6.07, 6.45) is 3.75. The van der Waals surface area contributed by atoms with Crippen LogP contribution < -0.4 is 4.74 Å². The molecule has 1 heterocycles. The van der Waals surface area contributed by atoms with Crippen LogP contribution >= 0.6 is 0 Å². The fourth-order valence-corrected chi connectivity index (χ4v) is 5.81. The van der Waals surface area contributed by atoms with Crippen LogP contribution in [0.4, 0.5) is 0 Å². The van der Waals surface area contributed by atoms with Crippen molar-refractivity contribution < 1.29 is 15.1 Å². The van der Waals surface area contributed by atoms with Crippen molar-refractivity contribution in [1.29, 1.82) is 0 Å². The Balaban J connectivity index is 1.74. The second-order valence-electron chi connectivity index (χ2n) is 10.9. The Bertz CT molecular complexity index is 1650. The smallest absolute Gasteiger partial charge is 0.217 e. The molecule has 210 valence electrons. The number of oxime groups is 1. The summed E-state index contributed by atoms with van der Waals surface area (Å²) in [6, 6.07) is 32.3. The molecular weight excluding hydrogens is 510 g/mol. The van der Waals surface area contributed by atoms with E-state index >= 15 is 0 Å². The lowest BCUT2D eigenvalue weighted by Crippen LogP contribution is -2.35. The molecule has 0 aliphatic carbocycles. The first kappa shape index (κ1) is 28.3. The number of aromatic nitrogens is 1. The minimum atomic E-state index is -1.26. The quantitative estimate of drug-likeness (QED) is 0.0809. The van der Waals surface area contributed by atoms with Crippen LogP contribution in [0.25, 0.3) is 21.7 Å². The number of nitrogens with zero attached hydrogens (tertiary/aromatic N) is 3. The number of rotatable bonds is 11. The summed E-state index contributed by atoms with van der Waals surface area (Å²) in [7, 11) is 5.77. The maximum absolute atomic E-state index is 13.1. The molecule has 2 N–H and O–H groups in total. The number of aliphatic hydroxyl groups is 1. The molecule has 0 unspecified atom stereocenters. The van der Waals surface area contributed by atoms with Crippen molar-refractivity contribution in [3.63, 3.8) is 0 Å². The Kier molecular flexibility index (Phi) is 8.62. The van der Waals surface area contributed by atoms with E-state index in [0.29, 0.717) is 12.3 Å². The average molecular weight is 548 g/mol. The summed E-state index contributed by atoms with van der Waals surface area (Å²) in [4.78, 5) is 7.04. The van der Waals surface area contributed by atoms with E-state index in [1.807, 2.05) is 48.5 Å². The summed E-state index contributed by atoms with van der Waals surface area (Å²) in [6.45, 7) is 0.944. The highest BCUT2D eigenvalue weighted by molar-refractivity contribution is 5.89. The van der Waals surface area contributed by atoms with Crippen molar-refractivity contribution in [3.05, 3.63) is 119 Å². The predicted molar refractivity (Wildman–Crippen MR) is 166 cm³/mol. The van der Waals surface area contributed by atoms with Crippen LogP contribution in [0.3, 0.4) is 0 Å². The van der Waals surface area contributed by atoms with E-state index < -0.39 is 11.5 Å². The number of benzene rings is 4. The van der Waals surface area contributed by atoms with Gasteiger partial charge >= 0.3 is 0 Å².